The van der Waals surface area contributed by atoms with E-state index in [2.05, 4.69) is 142 Å². The Morgan fingerprint density at radius 1 is 0.577 bits per heavy atom. The molecular formula is C66H71N10O2+. The molecule has 8 N–H and O–H groups in total. The van der Waals surface area contributed by atoms with Crippen molar-refractivity contribution in [2.45, 2.75) is 85.1 Å². The zero-order valence-corrected chi connectivity index (χ0v) is 45.3. The van der Waals surface area contributed by atoms with Gasteiger partial charge >= 0.3 is 0 Å². The van der Waals surface area contributed by atoms with Gasteiger partial charge in [0, 0.05) is 78.6 Å². The molecule has 1 aliphatic heterocycles. The van der Waals surface area contributed by atoms with Crippen LogP contribution in [0.2, 0.25) is 0 Å². The molecule has 0 radical (unpaired) electrons. The molecule has 2 heterocycles. The number of para-hydroxylation sites is 2. The molecule has 78 heavy (non-hydrogen) atoms. The molecule has 1 aromatic heterocycles. The van der Waals surface area contributed by atoms with E-state index >= 15 is 0 Å². The van der Waals surface area contributed by atoms with Crippen LogP contribution in [-0.2, 0) is 0 Å². The van der Waals surface area contributed by atoms with E-state index in [1.807, 2.05) is 74.5 Å². The third-order valence-electron chi connectivity index (χ3n) is 15.1. The molecule has 1 unspecified atom stereocenters. The average molecular weight is 1040 g/mol. The van der Waals surface area contributed by atoms with Crippen LogP contribution in [0.3, 0.4) is 0 Å². The van der Waals surface area contributed by atoms with E-state index in [9.17, 15) is 9.59 Å². The number of nitrogens with zero attached hydrogens (tertiary/aromatic N) is 4. The van der Waals surface area contributed by atoms with Gasteiger partial charge < -0.3 is 37.6 Å². The lowest BCUT2D eigenvalue weighted by Crippen LogP contribution is -2.41. The number of nitrogen functional groups attached to an aromatic ring is 2. The molecule has 2 aliphatic rings. The predicted octanol–water partition coefficient (Wildman–Crippen LogP) is 12.8. The van der Waals surface area contributed by atoms with Crippen molar-refractivity contribution in [3.8, 4) is 16.8 Å². The number of carbonyl (C=O) groups excluding carboxylic acids is 2. The van der Waals surface area contributed by atoms with Crippen LogP contribution in [0.15, 0.2) is 174 Å². The van der Waals surface area contributed by atoms with Crippen molar-refractivity contribution in [1.82, 2.24) is 20.9 Å². The van der Waals surface area contributed by atoms with Gasteiger partial charge in [0.25, 0.3) is 11.8 Å². The molecule has 0 spiro atoms. The van der Waals surface area contributed by atoms with E-state index in [0.29, 0.717) is 29.9 Å². The number of benzene rings is 7. The van der Waals surface area contributed by atoms with Crippen molar-refractivity contribution in [2.24, 2.45) is 4.99 Å². The molecule has 0 saturated carbocycles. The molecule has 1 atom stereocenters. The lowest BCUT2D eigenvalue weighted by molar-refractivity contribution is -0.538. The minimum absolute atomic E-state index is 0.0517. The van der Waals surface area contributed by atoms with Crippen LogP contribution in [0.4, 0.5) is 34.1 Å². The van der Waals surface area contributed by atoms with E-state index in [4.69, 9.17) is 21.4 Å². The van der Waals surface area contributed by atoms with Crippen LogP contribution in [0.1, 0.15) is 95.7 Å². The van der Waals surface area contributed by atoms with Crippen molar-refractivity contribution < 1.29 is 14.2 Å². The van der Waals surface area contributed by atoms with Crippen LogP contribution >= 0.6 is 0 Å². The minimum atomic E-state index is -0.0747. The lowest BCUT2D eigenvalue weighted by Gasteiger charge is -2.39. The Morgan fingerprint density at radius 3 is 1.77 bits per heavy atom. The first-order valence-electron chi connectivity index (χ1n) is 27.6. The van der Waals surface area contributed by atoms with Crippen molar-refractivity contribution in [2.75, 3.05) is 47.9 Å². The predicted molar refractivity (Wildman–Crippen MR) is 322 cm³/mol. The maximum absolute atomic E-state index is 13.0. The van der Waals surface area contributed by atoms with Gasteiger partial charge in [-0.05, 0) is 147 Å². The second-order valence-electron chi connectivity index (χ2n) is 20.7. The van der Waals surface area contributed by atoms with Crippen LogP contribution < -0.4 is 42.2 Å². The SMILES string of the molecule is CC1=CC2=Nc3c(ccc(C)c3N)N(c3ccccc3)C2C=C1NCCCCCCNC(=O)c1ccc(-c2ccc(C(=O)NCCCCCCNc3cc4c(cc3C)nc3c(N)c(C)ccc3[n+]4-c3ccccc3)cc2)cc1. The maximum atomic E-state index is 13.0. The summed E-state index contributed by atoms with van der Waals surface area (Å²) in [6.07, 6.45) is 12.5. The highest BCUT2D eigenvalue weighted by Crippen LogP contribution is 2.46. The van der Waals surface area contributed by atoms with Crippen molar-refractivity contribution in [3.05, 3.63) is 197 Å². The number of nitrogens with one attached hydrogen (secondary N) is 4. The van der Waals surface area contributed by atoms with E-state index in [0.717, 1.165) is 165 Å². The topological polar surface area (TPSA) is 167 Å². The number of anilines is 5. The van der Waals surface area contributed by atoms with Gasteiger partial charge in [0.15, 0.2) is 5.52 Å². The van der Waals surface area contributed by atoms with Crippen molar-refractivity contribution >= 4 is 73.7 Å². The van der Waals surface area contributed by atoms with E-state index < -0.39 is 0 Å². The lowest BCUT2D eigenvalue weighted by atomic mass is 9.93. The first kappa shape index (κ1) is 52.7. The molecule has 0 bridgehead atoms. The highest BCUT2D eigenvalue weighted by atomic mass is 16.2. The average Bonchev–Trinajstić information content (AvgIpc) is 3.59. The number of aryl methyl sites for hydroxylation is 3. The Balaban J connectivity index is 0.613. The van der Waals surface area contributed by atoms with Gasteiger partial charge in [-0.3, -0.25) is 9.59 Å². The zero-order chi connectivity index (χ0) is 54.1. The number of aromatic nitrogens is 2. The summed E-state index contributed by atoms with van der Waals surface area (Å²) < 4.78 is 2.25. The number of allylic oxidation sites excluding steroid dienone is 1. The highest BCUT2D eigenvalue weighted by molar-refractivity contribution is 6.12. The first-order valence-corrected chi connectivity index (χ1v) is 27.6. The number of aliphatic imine (C=N–C) groups is 1. The van der Waals surface area contributed by atoms with Gasteiger partial charge in [0.05, 0.1) is 28.8 Å². The smallest absolute Gasteiger partial charge is 0.251 e. The monoisotopic (exact) mass is 1040 g/mol. The van der Waals surface area contributed by atoms with E-state index in [1.165, 1.54) is 0 Å². The largest absolute Gasteiger partial charge is 0.397 e. The number of rotatable bonds is 21. The Bertz CT molecular complexity index is 3570. The summed E-state index contributed by atoms with van der Waals surface area (Å²) in [7, 11) is 0. The fourth-order valence-electron chi connectivity index (χ4n) is 10.6. The molecule has 12 nitrogen and oxygen atoms in total. The Morgan fingerprint density at radius 2 is 1.14 bits per heavy atom. The van der Waals surface area contributed by atoms with Crippen LogP contribution in [0.5, 0.6) is 0 Å². The van der Waals surface area contributed by atoms with Crippen LogP contribution in [-0.4, -0.2) is 54.7 Å². The Labute approximate surface area is 458 Å². The fourth-order valence-corrected chi connectivity index (χ4v) is 10.6. The molecule has 8 aromatic rings. The number of unbranched alkanes of at least 4 members (excludes halogenated alkanes) is 6. The standard InChI is InChI=1S/C66H70N10O2/c1-43-23-33-57-63(61(43)67)73-55-39-45(3)53(41-59(55)75(57)51-19-11-9-12-20-51)69-35-15-5-7-17-37-71-65(77)49-29-25-47(26-30-49)48-27-31-50(32-28-48)66(78)72-38-18-8-6-16-36-70-54-42-60-56(40-46(54)4)74-64-58(34-24-44(2)62(64)68)76(60)52-21-13-10-14-22-52/h9-14,19-34,39-42,59,69H,5-8,15-18,35-38,67H2,1-4H3,(H4,68,70,71,72,77,78)/p+1. The summed E-state index contributed by atoms with van der Waals surface area (Å²) in [5, 5.41) is 13.6. The molecule has 0 saturated heterocycles. The summed E-state index contributed by atoms with van der Waals surface area (Å²) in [4.78, 5) is 38.5. The van der Waals surface area contributed by atoms with Crippen molar-refractivity contribution in [1.29, 1.82) is 0 Å². The molecule has 2 amide bonds. The van der Waals surface area contributed by atoms with Gasteiger partial charge in [0.2, 0.25) is 16.7 Å². The van der Waals surface area contributed by atoms with Gasteiger partial charge in [0.1, 0.15) is 11.2 Å². The number of fused-ring (bicyclic) bond motifs is 4. The summed E-state index contributed by atoms with van der Waals surface area (Å²) in [5.74, 6) is -0.148. The molecule has 396 valence electrons. The number of hydrogen-bond acceptors (Lipinski definition) is 9. The van der Waals surface area contributed by atoms with Gasteiger partial charge in [-0.1, -0.05) is 98.5 Å². The number of hydrogen-bond donors (Lipinski definition) is 6. The van der Waals surface area contributed by atoms with E-state index in [-0.39, 0.29) is 17.9 Å². The summed E-state index contributed by atoms with van der Waals surface area (Å²) in [5.41, 5.74) is 33.0. The Hall–Kier alpha value is -8.77. The summed E-state index contributed by atoms with van der Waals surface area (Å²) >= 11 is 0. The quantitative estimate of drug-likeness (QED) is 0.0179. The Kier molecular flexibility index (Phi) is 16.2. The normalized spacial score (nSPS) is 13.8. The molecule has 10 rings (SSSR count). The molecule has 7 aromatic carbocycles. The van der Waals surface area contributed by atoms with Gasteiger partial charge in [-0.2, -0.15) is 0 Å². The summed E-state index contributed by atoms with van der Waals surface area (Å²) in [6, 6.07) is 48.7. The molecular weight excluding hydrogens is 965 g/mol. The third-order valence-corrected chi connectivity index (χ3v) is 15.1. The second kappa shape index (κ2) is 24.1. The molecule has 12 heteroatoms. The van der Waals surface area contributed by atoms with E-state index in [1.54, 1.807) is 0 Å². The summed E-state index contributed by atoms with van der Waals surface area (Å²) in [6.45, 7) is 11.3. The maximum Gasteiger partial charge on any atom is 0.251 e. The molecule has 1 aliphatic carbocycles. The first-order chi connectivity index (χ1) is 38.0. The number of nitrogens with two attached hydrogens (primary N) is 2. The van der Waals surface area contributed by atoms with Gasteiger partial charge in [-0.25, -0.2) is 9.98 Å². The van der Waals surface area contributed by atoms with Crippen molar-refractivity contribution in [3.63, 3.8) is 0 Å². The number of carbonyl (C=O) groups is 2. The van der Waals surface area contributed by atoms with Gasteiger partial charge in [-0.15, -0.1) is 4.57 Å². The second-order valence-corrected chi connectivity index (χ2v) is 20.7. The van der Waals surface area contributed by atoms with Crippen LogP contribution in [0.25, 0.3) is 38.9 Å². The highest BCUT2D eigenvalue weighted by Gasteiger charge is 2.33. The number of amides is 2. The third kappa shape index (κ3) is 11.6. The zero-order valence-electron chi connectivity index (χ0n) is 45.3. The van der Waals surface area contributed by atoms with Crippen LogP contribution in [0, 0.1) is 20.8 Å². The fraction of sp³-hybridized carbons (Fsp3) is 0.258. The minimum Gasteiger partial charge on any atom is -0.397 e. The molecule has 0 fully saturated rings.